The molecule has 2 N–H and O–H groups in total. The standard InChI is InChI=1S/C10H14NO4S/c1-16(13,14)11-5-6-15-10-4-2-3-9(7-10)8-12/h2,4,7,11-12H,5-6,8H2,1H3. The second kappa shape index (κ2) is 5.83. The van der Waals surface area contributed by atoms with Gasteiger partial charge in [0, 0.05) is 6.54 Å². The van der Waals surface area contributed by atoms with Crippen molar-refractivity contribution in [1.29, 1.82) is 0 Å². The number of rotatable bonds is 6. The maximum absolute atomic E-state index is 10.7. The maximum Gasteiger partial charge on any atom is 0.208 e. The molecule has 1 aromatic carbocycles. The highest BCUT2D eigenvalue weighted by Crippen LogP contribution is 2.12. The molecule has 0 spiro atoms. The lowest BCUT2D eigenvalue weighted by Gasteiger charge is -2.07. The molecular weight excluding hydrogens is 230 g/mol. The number of hydrogen-bond acceptors (Lipinski definition) is 4. The van der Waals surface area contributed by atoms with Crippen molar-refractivity contribution < 1.29 is 18.3 Å². The summed E-state index contributed by atoms with van der Waals surface area (Å²) in [6.07, 6.45) is 1.09. The van der Waals surface area contributed by atoms with Gasteiger partial charge in [0.25, 0.3) is 0 Å². The third kappa shape index (κ3) is 5.11. The van der Waals surface area contributed by atoms with E-state index < -0.39 is 10.0 Å². The minimum atomic E-state index is -3.17. The molecule has 0 heterocycles. The Balaban J connectivity index is 2.37. The number of hydrogen-bond donors (Lipinski definition) is 2. The minimum absolute atomic E-state index is 0.0984. The first-order chi connectivity index (χ1) is 7.51. The zero-order valence-corrected chi connectivity index (χ0v) is 9.75. The highest BCUT2D eigenvalue weighted by atomic mass is 32.2. The molecule has 0 aliphatic rings. The molecule has 0 amide bonds. The van der Waals surface area contributed by atoms with E-state index in [-0.39, 0.29) is 19.8 Å². The summed E-state index contributed by atoms with van der Waals surface area (Å²) in [7, 11) is -3.17. The Morgan fingerprint density at radius 2 is 2.31 bits per heavy atom. The fourth-order valence-corrected chi connectivity index (χ4v) is 1.52. The summed E-state index contributed by atoms with van der Waals surface area (Å²) in [5.74, 6) is 0.582. The molecule has 0 bridgehead atoms. The molecule has 0 saturated carbocycles. The molecule has 0 atom stereocenters. The lowest BCUT2D eigenvalue weighted by molar-refractivity contribution is 0.279. The van der Waals surface area contributed by atoms with Crippen molar-refractivity contribution >= 4 is 10.0 Å². The van der Waals surface area contributed by atoms with Crippen LogP contribution in [0, 0.1) is 6.07 Å². The van der Waals surface area contributed by atoms with Crippen molar-refractivity contribution in [3.63, 3.8) is 0 Å². The molecule has 0 aromatic heterocycles. The number of nitrogens with one attached hydrogen (secondary N) is 1. The number of aliphatic hydroxyl groups excluding tert-OH is 1. The predicted molar refractivity (Wildman–Crippen MR) is 59.5 cm³/mol. The Bertz CT molecular complexity index is 430. The Kier molecular flexibility index (Phi) is 4.72. The summed E-state index contributed by atoms with van der Waals surface area (Å²) in [5.41, 5.74) is 0.633. The fourth-order valence-electron chi connectivity index (χ4n) is 1.07. The van der Waals surface area contributed by atoms with Gasteiger partial charge < -0.3 is 9.84 Å². The molecular formula is C10H14NO4S. The van der Waals surface area contributed by atoms with Crippen LogP contribution in [0.5, 0.6) is 5.75 Å². The Morgan fingerprint density at radius 1 is 1.56 bits per heavy atom. The van der Waals surface area contributed by atoms with Gasteiger partial charge in [-0.1, -0.05) is 6.07 Å². The van der Waals surface area contributed by atoms with Crippen molar-refractivity contribution in [2.45, 2.75) is 6.61 Å². The van der Waals surface area contributed by atoms with Gasteiger partial charge in [-0.3, -0.25) is 0 Å². The Morgan fingerprint density at radius 3 is 2.94 bits per heavy atom. The van der Waals surface area contributed by atoms with E-state index in [2.05, 4.69) is 10.8 Å². The molecule has 0 aliphatic carbocycles. The van der Waals surface area contributed by atoms with Gasteiger partial charge in [-0.25, -0.2) is 13.1 Å². The highest BCUT2D eigenvalue weighted by Gasteiger charge is 2.00. The van der Waals surface area contributed by atoms with Crippen LogP contribution in [0.4, 0.5) is 0 Å². The topological polar surface area (TPSA) is 75.6 Å². The van der Waals surface area contributed by atoms with Crippen LogP contribution in [-0.4, -0.2) is 32.9 Å². The third-order valence-corrected chi connectivity index (χ3v) is 2.47. The smallest absolute Gasteiger partial charge is 0.208 e. The fraction of sp³-hybridized carbons (Fsp3) is 0.400. The molecule has 1 radical (unpaired) electrons. The average Bonchev–Trinajstić information content (AvgIpc) is 2.23. The monoisotopic (exact) mass is 244 g/mol. The zero-order valence-electron chi connectivity index (χ0n) is 8.93. The summed E-state index contributed by atoms with van der Waals surface area (Å²) in [4.78, 5) is 0. The SMILES string of the molecule is CS(=O)(=O)NCCOc1cc[c]c(CO)c1. The quantitative estimate of drug-likeness (QED) is 0.686. The van der Waals surface area contributed by atoms with Crippen molar-refractivity contribution in [2.24, 2.45) is 0 Å². The first-order valence-electron chi connectivity index (χ1n) is 4.70. The lowest BCUT2D eigenvalue weighted by Crippen LogP contribution is -2.26. The zero-order chi connectivity index (χ0) is 12.0. The number of sulfonamides is 1. The molecule has 0 fully saturated rings. The largest absolute Gasteiger partial charge is 0.492 e. The van der Waals surface area contributed by atoms with Crippen LogP contribution in [0.15, 0.2) is 18.2 Å². The summed E-state index contributed by atoms with van der Waals surface area (Å²) >= 11 is 0. The van der Waals surface area contributed by atoms with Crippen molar-refractivity contribution in [2.75, 3.05) is 19.4 Å². The second-order valence-corrected chi connectivity index (χ2v) is 5.06. The van der Waals surface area contributed by atoms with Crippen LogP contribution in [0.2, 0.25) is 0 Å². The average molecular weight is 244 g/mol. The molecule has 5 nitrogen and oxygen atoms in total. The number of benzene rings is 1. The van der Waals surface area contributed by atoms with Crippen LogP contribution in [0.25, 0.3) is 0 Å². The molecule has 0 unspecified atom stereocenters. The number of ether oxygens (including phenoxy) is 1. The van der Waals surface area contributed by atoms with Gasteiger partial charge in [0.2, 0.25) is 10.0 Å². The Hall–Kier alpha value is -1.11. The first-order valence-corrected chi connectivity index (χ1v) is 6.59. The minimum Gasteiger partial charge on any atom is -0.492 e. The van der Waals surface area contributed by atoms with Crippen molar-refractivity contribution in [3.8, 4) is 5.75 Å². The summed E-state index contributed by atoms with van der Waals surface area (Å²) in [5, 5.41) is 8.86. The van der Waals surface area contributed by atoms with E-state index in [1.807, 2.05) is 0 Å². The van der Waals surface area contributed by atoms with E-state index in [0.717, 1.165) is 6.26 Å². The maximum atomic E-state index is 10.7. The molecule has 1 aromatic rings. The molecule has 16 heavy (non-hydrogen) atoms. The lowest BCUT2D eigenvalue weighted by atomic mass is 10.2. The van der Waals surface area contributed by atoms with Crippen molar-refractivity contribution in [3.05, 3.63) is 29.8 Å². The van der Waals surface area contributed by atoms with Crippen LogP contribution in [-0.2, 0) is 16.6 Å². The summed E-state index contributed by atoms with van der Waals surface area (Å²) in [6.45, 7) is 0.354. The van der Waals surface area contributed by atoms with E-state index in [9.17, 15) is 8.42 Å². The van der Waals surface area contributed by atoms with Crippen LogP contribution < -0.4 is 9.46 Å². The van der Waals surface area contributed by atoms with E-state index in [0.29, 0.717) is 11.3 Å². The van der Waals surface area contributed by atoms with E-state index in [4.69, 9.17) is 9.84 Å². The van der Waals surface area contributed by atoms with Crippen LogP contribution in [0.3, 0.4) is 0 Å². The molecule has 1 rings (SSSR count). The normalized spacial score (nSPS) is 11.4. The highest BCUT2D eigenvalue weighted by molar-refractivity contribution is 7.88. The second-order valence-electron chi connectivity index (χ2n) is 3.22. The van der Waals surface area contributed by atoms with Gasteiger partial charge in [0.05, 0.1) is 12.9 Å². The van der Waals surface area contributed by atoms with E-state index in [1.54, 1.807) is 18.2 Å². The van der Waals surface area contributed by atoms with Gasteiger partial charge in [0.15, 0.2) is 0 Å². The number of aliphatic hydroxyl groups is 1. The molecule has 89 valence electrons. The van der Waals surface area contributed by atoms with E-state index in [1.165, 1.54) is 0 Å². The summed E-state index contributed by atoms with van der Waals surface area (Å²) in [6, 6.07) is 7.82. The van der Waals surface area contributed by atoms with Gasteiger partial charge in [-0.05, 0) is 23.8 Å². The molecule has 0 aliphatic heterocycles. The van der Waals surface area contributed by atoms with Crippen LogP contribution in [0.1, 0.15) is 5.56 Å². The molecule has 0 saturated heterocycles. The van der Waals surface area contributed by atoms with Crippen molar-refractivity contribution in [1.82, 2.24) is 4.72 Å². The van der Waals surface area contributed by atoms with E-state index >= 15 is 0 Å². The summed E-state index contributed by atoms with van der Waals surface area (Å²) < 4.78 is 29.1. The van der Waals surface area contributed by atoms with Gasteiger partial charge >= 0.3 is 0 Å². The van der Waals surface area contributed by atoms with Crippen LogP contribution >= 0.6 is 0 Å². The Labute approximate surface area is 95.1 Å². The predicted octanol–water partition coefficient (Wildman–Crippen LogP) is -0.0929. The van der Waals surface area contributed by atoms with Gasteiger partial charge in [-0.2, -0.15) is 0 Å². The first kappa shape index (κ1) is 13.0. The van der Waals surface area contributed by atoms with Gasteiger partial charge in [0.1, 0.15) is 12.4 Å². The molecule has 6 heteroatoms. The third-order valence-electron chi connectivity index (χ3n) is 1.74. The van der Waals surface area contributed by atoms with Gasteiger partial charge in [-0.15, -0.1) is 0 Å².